The largest absolute Gasteiger partial charge is 0.291 e. The van der Waals surface area contributed by atoms with Crippen molar-refractivity contribution in [2.75, 3.05) is 65.7 Å². The van der Waals surface area contributed by atoms with Crippen LogP contribution in [0.15, 0.2) is 0 Å². The average Bonchev–Trinajstić information content (AvgIpc) is 2.65. The van der Waals surface area contributed by atoms with Crippen LogP contribution in [-0.2, 0) is 0 Å². The molecule has 0 spiro atoms. The van der Waals surface area contributed by atoms with Crippen molar-refractivity contribution in [3.8, 4) is 0 Å². The van der Waals surface area contributed by atoms with Gasteiger partial charge in [-0.05, 0) is 71.6 Å². The normalized spacial score (nSPS) is 12.2. The summed E-state index contributed by atoms with van der Waals surface area (Å²) < 4.78 is 0. The van der Waals surface area contributed by atoms with Crippen LogP contribution in [0.5, 0.6) is 0 Å². The molecule has 0 amide bonds. The Morgan fingerprint density at radius 1 is 0.400 bits per heavy atom. The zero-order valence-corrected chi connectivity index (χ0v) is 18.4. The molecule has 0 atom stereocenters. The number of rotatable bonds is 18. The first kappa shape index (κ1) is 24.8. The third-order valence-electron chi connectivity index (χ3n) is 5.31. The second kappa shape index (κ2) is 17.3. The first-order chi connectivity index (χ1) is 12.1. The Balaban J connectivity index is 3.94. The van der Waals surface area contributed by atoms with E-state index in [1.807, 2.05) is 0 Å². The van der Waals surface area contributed by atoms with E-state index in [1.165, 1.54) is 71.4 Å². The standard InChI is InChI=1S/C21H48N4/c1-7-13-17-23(10-4)21-25(12-6)19-16-14-15-18-24(11-5)20-22(8-2)9-3/h7-21H2,1-6H3. The summed E-state index contributed by atoms with van der Waals surface area (Å²) in [6, 6.07) is 0. The Labute approximate surface area is 159 Å². The molecule has 0 aliphatic rings. The maximum absolute atomic E-state index is 2.62. The van der Waals surface area contributed by atoms with Gasteiger partial charge in [0.15, 0.2) is 0 Å². The zero-order valence-electron chi connectivity index (χ0n) is 18.4. The molecule has 0 aliphatic carbocycles. The molecule has 0 bridgehead atoms. The van der Waals surface area contributed by atoms with Gasteiger partial charge in [-0.15, -0.1) is 0 Å². The summed E-state index contributed by atoms with van der Waals surface area (Å²) in [7, 11) is 0. The second-order valence-electron chi connectivity index (χ2n) is 7.13. The summed E-state index contributed by atoms with van der Waals surface area (Å²) in [5.74, 6) is 0. The van der Waals surface area contributed by atoms with Crippen LogP contribution >= 0.6 is 0 Å². The minimum atomic E-state index is 1.13. The molecule has 4 heteroatoms. The van der Waals surface area contributed by atoms with E-state index < -0.39 is 0 Å². The highest BCUT2D eigenvalue weighted by Gasteiger charge is 2.09. The van der Waals surface area contributed by atoms with E-state index in [-0.39, 0.29) is 0 Å². The molecular formula is C21H48N4. The van der Waals surface area contributed by atoms with Crippen molar-refractivity contribution in [1.82, 2.24) is 19.6 Å². The third kappa shape index (κ3) is 12.8. The quantitative estimate of drug-likeness (QED) is 0.270. The van der Waals surface area contributed by atoms with Crippen molar-refractivity contribution in [3.63, 3.8) is 0 Å². The lowest BCUT2D eigenvalue weighted by atomic mass is 10.2. The Morgan fingerprint density at radius 2 is 0.760 bits per heavy atom. The fraction of sp³-hybridized carbons (Fsp3) is 1.00. The van der Waals surface area contributed by atoms with E-state index in [1.54, 1.807) is 0 Å². The number of hydrogen-bond donors (Lipinski definition) is 0. The molecule has 0 fully saturated rings. The molecule has 0 saturated carbocycles. The Bertz CT molecular complexity index is 269. The summed E-state index contributed by atoms with van der Waals surface area (Å²) in [6.07, 6.45) is 6.64. The van der Waals surface area contributed by atoms with Gasteiger partial charge in [0, 0.05) is 0 Å². The van der Waals surface area contributed by atoms with Crippen LogP contribution < -0.4 is 0 Å². The van der Waals surface area contributed by atoms with E-state index in [0.717, 1.165) is 26.4 Å². The van der Waals surface area contributed by atoms with Crippen molar-refractivity contribution in [2.45, 2.75) is 73.6 Å². The number of unbranched alkanes of at least 4 members (excludes halogenated alkanes) is 3. The van der Waals surface area contributed by atoms with Crippen molar-refractivity contribution in [3.05, 3.63) is 0 Å². The summed E-state index contributed by atoms with van der Waals surface area (Å²) in [5.41, 5.74) is 0. The Hall–Kier alpha value is -0.160. The van der Waals surface area contributed by atoms with Crippen LogP contribution in [0.2, 0.25) is 0 Å². The van der Waals surface area contributed by atoms with Crippen molar-refractivity contribution in [2.24, 2.45) is 0 Å². The lowest BCUT2D eigenvalue weighted by molar-refractivity contribution is 0.133. The summed E-state index contributed by atoms with van der Waals surface area (Å²) in [6.45, 7) is 25.5. The fourth-order valence-corrected chi connectivity index (χ4v) is 3.21. The molecule has 152 valence electrons. The number of hydrogen-bond acceptors (Lipinski definition) is 4. The van der Waals surface area contributed by atoms with Gasteiger partial charge >= 0.3 is 0 Å². The lowest BCUT2D eigenvalue weighted by Gasteiger charge is -2.29. The van der Waals surface area contributed by atoms with Crippen LogP contribution in [0, 0.1) is 0 Å². The molecule has 0 unspecified atom stereocenters. The molecule has 25 heavy (non-hydrogen) atoms. The summed E-state index contributed by atoms with van der Waals surface area (Å²) >= 11 is 0. The minimum Gasteiger partial charge on any atom is -0.291 e. The smallest absolute Gasteiger partial charge is 0.0505 e. The van der Waals surface area contributed by atoms with Crippen LogP contribution in [0.1, 0.15) is 73.6 Å². The molecular weight excluding hydrogens is 308 g/mol. The van der Waals surface area contributed by atoms with Gasteiger partial charge in [0.2, 0.25) is 0 Å². The van der Waals surface area contributed by atoms with Crippen molar-refractivity contribution in [1.29, 1.82) is 0 Å². The van der Waals surface area contributed by atoms with Gasteiger partial charge < -0.3 is 0 Å². The zero-order chi connectivity index (χ0) is 18.9. The predicted molar refractivity (Wildman–Crippen MR) is 113 cm³/mol. The van der Waals surface area contributed by atoms with Gasteiger partial charge in [-0.3, -0.25) is 19.6 Å². The first-order valence-electron chi connectivity index (χ1n) is 11.0. The third-order valence-corrected chi connectivity index (χ3v) is 5.31. The summed E-state index contributed by atoms with van der Waals surface area (Å²) in [4.78, 5) is 10.3. The van der Waals surface area contributed by atoms with E-state index in [4.69, 9.17) is 0 Å². The number of nitrogens with zero attached hydrogens (tertiary/aromatic N) is 4. The van der Waals surface area contributed by atoms with Gasteiger partial charge in [0.25, 0.3) is 0 Å². The molecule has 0 heterocycles. The average molecular weight is 357 g/mol. The SMILES string of the molecule is CCCCN(CC)CN(CC)CCCCCN(CC)CN(CC)CC. The Kier molecular flexibility index (Phi) is 17.2. The fourth-order valence-electron chi connectivity index (χ4n) is 3.21. The molecule has 0 aromatic carbocycles. The van der Waals surface area contributed by atoms with Crippen LogP contribution in [0.25, 0.3) is 0 Å². The van der Waals surface area contributed by atoms with Crippen LogP contribution in [-0.4, -0.2) is 85.3 Å². The van der Waals surface area contributed by atoms with Gasteiger partial charge in [-0.2, -0.15) is 0 Å². The maximum atomic E-state index is 2.62. The van der Waals surface area contributed by atoms with Gasteiger partial charge in [0.05, 0.1) is 13.3 Å². The highest BCUT2D eigenvalue weighted by Crippen LogP contribution is 2.04. The summed E-state index contributed by atoms with van der Waals surface area (Å²) in [5, 5.41) is 0. The molecule has 0 aromatic heterocycles. The maximum Gasteiger partial charge on any atom is 0.0505 e. The van der Waals surface area contributed by atoms with E-state index in [0.29, 0.717) is 0 Å². The van der Waals surface area contributed by atoms with Gasteiger partial charge in [0.1, 0.15) is 0 Å². The van der Waals surface area contributed by atoms with Crippen molar-refractivity contribution < 1.29 is 0 Å². The minimum absolute atomic E-state index is 1.13. The van der Waals surface area contributed by atoms with E-state index in [2.05, 4.69) is 61.1 Å². The monoisotopic (exact) mass is 356 g/mol. The van der Waals surface area contributed by atoms with Crippen molar-refractivity contribution >= 4 is 0 Å². The molecule has 0 aromatic rings. The van der Waals surface area contributed by atoms with Gasteiger partial charge in [-0.1, -0.05) is 54.4 Å². The topological polar surface area (TPSA) is 13.0 Å². The molecule has 4 nitrogen and oxygen atoms in total. The predicted octanol–water partition coefficient (Wildman–Crippen LogP) is 4.18. The van der Waals surface area contributed by atoms with Gasteiger partial charge in [-0.25, -0.2) is 0 Å². The highest BCUT2D eigenvalue weighted by atomic mass is 15.3. The second-order valence-corrected chi connectivity index (χ2v) is 7.13. The highest BCUT2D eigenvalue weighted by molar-refractivity contribution is 4.61. The van der Waals surface area contributed by atoms with Crippen LogP contribution in [0.4, 0.5) is 0 Å². The van der Waals surface area contributed by atoms with Crippen LogP contribution in [0.3, 0.4) is 0 Å². The molecule has 0 radical (unpaired) electrons. The Morgan fingerprint density at radius 3 is 1.12 bits per heavy atom. The molecule has 0 aliphatic heterocycles. The lowest BCUT2D eigenvalue weighted by Crippen LogP contribution is -2.39. The molecule has 0 saturated heterocycles. The first-order valence-corrected chi connectivity index (χ1v) is 11.0. The van der Waals surface area contributed by atoms with E-state index in [9.17, 15) is 0 Å². The van der Waals surface area contributed by atoms with E-state index >= 15 is 0 Å². The molecule has 0 rings (SSSR count). The molecule has 0 N–H and O–H groups in total.